The van der Waals surface area contributed by atoms with Crippen molar-refractivity contribution in [1.29, 1.82) is 0 Å². The van der Waals surface area contributed by atoms with E-state index in [0.717, 1.165) is 6.07 Å². The van der Waals surface area contributed by atoms with E-state index in [-0.39, 0.29) is 41.9 Å². The largest absolute Gasteiger partial charge is 0.486 e. The second-order valence-electron chi connectivity index (χ2n) is 4.13. The minimum atomic E-state index is -4.56. The van der Waals surface area contributed by atoms with Crippen molar-refractivity contribution < 1.29 is 27.2 Å². The zero-order chi connectivity index (χ0) is 14.3. The van der Waals surface area contributed by atoms with Gasteiger partial charge in [0.05, 0.1) is 11.1 Å². The highest BCUT2D eigenvalue weighted by Crippen LogP contribution is 2.47. The lowest BCUT2D eigenvalue weighted by Crippen LogP contribution is -2.18. The summed E-state index contributed by atoms with van der Waals surface area (Å²) in [5.41, 5.74) is 4.25. The van der Waals surface area contributed by atoms with Crippen LogP contribution in [0, 0.1) is 0 Å². The zero-order valence-corrected chi connectivity index (χ0v) is 10.0. The molecule has 0 saturated carbocycles. The molecule has 0 aliphatic carbocycles. The van der Waals surface area contributed by atoms with Crippen LogP contribution in [0.15, 0.2) is 22.7 Å². The van der Waals surface area contributed by atoms with Gasteiger partial charge in [0.1, 0.15) is 13.2 Å². The Bertz CT molecular complexity index is 652. The Morgan fingerprint density at radius 1 is 1.15 bits per heavy atom. The molecule has 0 saturated heterocycles. The minimum Gasteiger partial charge on any atom is -0.486 e. The Labute approximate surface area is 111 Å². The van der Waals surface area contributed by atoms with Crippen molar-refractivity contribution in [2.24, 2.45) is 0 Å². The fourth-order valence-corrected chi connectivity index (χ4v) is 2.00. The first-order valence-corrected chi connectivity index (χ1v) is 5.69. The topological polar surface area (TPSA) is 70.5 Å². The highest BCUT2D eigenvalue weighted by Gasteiger charge is 2.38. The quantitative estimate of drug-likeness (QED) is 0.872. The average Bonchev–Trinajstić information content (AvgIpc) is 2.82. The lowest BCUT2D eigenvalue weighted by atomic mass is 10.0. The zero-order valence-electron chi connectivity index (χ0n) is 10.0. The monoisotopic (exact) mass is 286 g/mol. The number of hydrogen-bond donors (Lipinski definition) is 1. The van der Waals surface area contributed by atoms with Crippen LogP contribution in [0.25, 0.3) is 11.3 Å². The Balaban J connectivity index is 2.27. The van der Waals surface area contributed by atoms with Gasteiger partial charge in [-0.15, -0.1) is 0 Å². The van der Waals surface area contributed by atoms with E-state index >= 15 is 0 Å². The van der Waals surface area contributed by atoms with E-state index in [9.17, 15) is 13.2 Å². The van der Waals surface area contributed by atoms with Crippen molar-refractivity contribution in [2.45, 2.75) is 6.18 Å². The van der Waals surface area contributed by atoms with E-state index in [1.165, 1.54) is 12.1 Å². The molecule has 0 spiro atoms. The van der Waals surface area contributed by atoms with Crippen molar-refractivity contribution in [3.05, 3.63) is 23.8 Å². The molecule has 0 atom stereocenters. The van der Waals surface area contributed by atoms with Gasteiger partial charge in [0.25, 0.3) is 0 Å². The van der Waals surface area contributed by atoms with Crippen LogP contribution in [0.2, 0.25) is 0 Å². The SMILES string of the molecule is Nc1cc(-c2c(C(F)(F)F)ccc3c2OCCO3)on1. The predicted molar refractivity (Wildman–Crippen MR) is 62.3 cm³/mol. The van der Waals surface area contributed by atoms with Crippen molar-refractivity contribution >= 4 is 5.82 Å². The van der Waals surface area contributed by atoms with Gasteiger partial charge in [0, 0.05) is 6.07 Å². The highest BCUT2D eigenvalue weighted by molar-refractivity contribution is 5.75. The molecule has 20 heavy (non-hydrogen) atoms. The van der Waals surface area contributed by atoms with Gasteiger partial charge in [0.15, 0.2) is 23.1 Å². The Morgan fingerprint density at radius 2 is 1.90 bits per heavy atom. The molecule has 1 aliphatic heterocycles. The molecule has 0 radical (unpaired) electrons. The Kier molecular flexibility index (Phi) is 2.73. The van der Waals surface area contributed by atoms with Gasteiger partial charge in [-0.1, -0.05) is 5.16 Å². The third-order valence-electron chi connectivity index (χ3n) is 2.79. The number of rotatable bonds is 1. The van der Waals surface area contributed by atoms with Crippen LogP contribution in [0.1, 0.15) is 5.56 Å². The average molecular weight is 286 g/mol. The summed E-state index contributed by atoms with van der Waals surface area (Å²) < 4.78 is 54.8. The second-order valence-corrected chi connectivity index (χ2v) is 4.13. The van der Waals surface area contributed by atoms with Gasteiger partial charge < -0.3 is 19.7 Å². The highest BCUT2D eigenvalue weighted by atomic mass is 19.4. The number of anilines is 1. The summed E-state index contributed by atoms with van der Waals surface area (Å²) in [7, 11) is 0. The van der Waals surface area contributed by atoms with Crippen LogP contribution in [-0.4, -0.2) is 18.4 Å². The number of nitrogens with two attached hydrogens (primary N) is 1. The lowest BCUT2D eigenvalue weighted by Gasteiger charge is -2.22. The molecule has 1 aromatic carbocycles. The number of nitrogen functional groups attached to an aromatic ring is 1. The molecule has 2 heterocycles. The Hall–Kier alpha value is -2.38. The fraction of sp³-hybridized carbons (Fsp3) is 0.250. The molecule has 1 aliphatic rings. The van der Waals surface area contributed by atoms with Gasteiger partial charge >= 0.3 is 6.18 Å². The first-order valence-electron chi connectivity index (χ1n) is 5.69. The molecular formula is C12H9F3N2O3. The molecule has 0 bridgehead atoms. The summed E-state index contributed by atoms with van der Waals surface area (Å²) in [5, 5.41) is 3.40. The maximum Gasteiger partial charge on any atom is 0.417 e. The normalized spacial score (nSPS) is 14.3. The summed E-state index contributed by atoms with van der Waals surface area (Å²) in [6.45, 7) is 0.432. The van der Waals surface area contributed by atoms with Crippen LogP contribution in [0.5, 0.6) is 11.5 Å². The van der Waals surface area contributed by atoms with Crippen LogP contribution in [0.4, 0.5) is 19.0 Å². The maximum atomic E-state index is 13.1. The van der Waals surface area contributed by atoms with E-state index in [1.807, 2.05) is 0 Å². The van der Waals surface area contributed by atoms with Crippen molar-refractivity contribution in [2.75, 3.05) is 18.9 Å². The summed E-state index contributed by atoms with van der Waals surface area (Å²) >= 11 is 0. The summed E-state index contributed by atoms with van der Waals surface area (Å²) in [4.78, 5) is 0. The molecule has 2 N–H and O–H groups in total. The third kappa shape index (κ3) is 2.02. The summed E-state index contributed by atoms with van der Waals surface area (Å²) in [6, 6.07) is 3.35. The van der Waals surface area contributed by atoms with Gasteiger partial charge in [0.2, 0.25) is 0 Å². The third-order valence-corrected chi connectivity index (χ3v) is 2.79. The van der Waals surface area contributed by atoms with E-state index in [0.29, 0.717) is 0 Å². The molecule has 2 aromatic rings. The fourth-order valence-electron chi connectivity index (χ4n) is 2.00. The first kappa shape index (κ1) is 12.6. The van der Waals surface area contributed by atoms with Gasteiger partial charge in [-0.05, 0) is 12.1 Å². The van der Waals surface area contributed by atoms with Crippen molar-refractivity contribution in [3.63, 3.8) is 0 Å². The molecule has 3 rings (SSSR count). The molecule has 0 amide bonds. The molecule has 1 aromatic heterocycles. The lowest BCUT2D eigenvalue weighted by molar-refractivity contribution is -0.137. The predicted octanol–water partition coefficient (Wildman–Crippen LogP) is 2.71. The standard InChI is InChI=1S/C12H9F3N2O3/c13-12(14,15)6-1-2-7-11(19-4-3-18-7)10(6)8-5-9(16)17-20-8/h1-2,5H,3-4H2,(H2,16,17). The van der Waals surface area contributed by atoms with Crippen LogP contribution < -0.4 is 15.2 Å². The van der Waals surface area contributed by atoms with E-state index in [1.54, 1.807) is 0 Å². The minimum absolute atomic E-state index is 0.0116. The second kappa shape index (κ2) is 4.32. The number of alkyl halides is 3. The van der Waals surface area contributed by atoms with Crippen molar-refractivity contribution in [1.82, 2.24) is 5.16 Å². The number of benzene rings is 1. The number of aromatic nitrogens is 1. The van der Waals surface area contributed by atoms with Gasteiger partial charge in [-0.3, -0.25) is 0 Å². The van der Waals surface area contributed by atoms with Gasteiger partial charge in [-0.2, -0.15) is 13.2 Å². The number of nitrogens with zero attached hydrogens (tertiary/aromatic N) is 1. The molecule has 0 fully saturated rings. The maximum absolute atomic E-state index is 13.1. The van der Waals surface area contributed by atoms with E-state index in [4.69, 9.17) is 19.7 Å². The number of ether oxygens (including phenoxy) is 2. The molecule has 0 unspecified atom stereocenters. The van der Waals surface area contributed by atoms with E-state index in [2.05, 4.69) is 5.16 Å². The molecule has 106 valence electrons. The van der Waals surface area contributed by atoms with Crippen LogP contribution >= 0.6 is 0 Å². The first-order chi connectivity index (χ1) is 9.47. The Morgan fingerprint density at radius 3 is 2.55 bits per heavy atom. The van der Waals surface area contributed by atoms with Crippen LogP contribution in [-0.2, 0) is 6.18 Å². The van der Waals surface area contributed by atoms with Crippen LogP contribution in [0.3, 0.4) is 0 Å². The molecule has 8 heteroatoms. The number of fused-ring (bicyclic) bond motifs is 1. The summed E-state index contributed by atoms with van der Waals surface area (Å²) in [6.07, 6.45) is -4.56. The number of hydrogen-bond acceptors (Lipinski definition) is 5. The summed E-state index contributed by atoms with van der Waals surface area (Å²) in [5.74, 6) is 0.0936. The smallest absolute Gasteiger partial charge is 0.417 e. The van der Waals surface area contributed by atoms with Crippen molar-refractivity contribution in [3.8, 4) is 22.8 Å². The van der Waals surface area contributed by atoms with Gasteiger partial charge in [-0.25, -0.2) is 0 Å². The number of halogens is 3. The molecular weight excluding hydrogens is 277 g/mol. The molecule has 5 nitrogen and oxygen atoms in total. The van der Waals surface area contributed by atoms with E-state index < -0.39 is 11.7 Å².